The lowest BCUT2D eigenvalue weighted by molar-refractivity contribution is 0.194. The molecule has 5 nitrogen and oxygen atoms in total. The van der Waals surface area contributed by atoms with Crippen molar-refractivity contribution in [2.45, 2.75) is 12.5 Å². The molecule has 1 atom stereocenters. The summed E-state index contributed by atoms with van der Waals surface area (Å²) in [7, 11) is 0. The first-order valence-electron chi connectivity index (χ1n) is 5.33. The largest absolute Gasteiger partial charge is 0.379 e. The topological polar surface area (TPSA) is 71.7 Å². The van der Waals surface area contributed by atoms with Crippen LogP contribution in [0.25, 0.3) is 0 Å². The van der Waals surface area contributed by atoms with Gasteiger partial charge in [0.2, 0.25) is 5.96 Å². The molecular weight excluding hydrogens is 204 g/mol. The van der Waals surface area contributed by atoms with Crippen LogP contribution in [0.5, 0.6) is 0 Å². The molecule has 16 heavy (non-hydrogen) atoms. The summed E-state index contributed by atoms with van der Waals surface area (Å²) < 4.78 is 5.25. The molecular formula is C11H16N4O. The molecule has 0 radical (unpaired) electrons. The summed E-state index contributed by atoms with van der Waals surface area (Å²) in [6.07, 6.45) is 0.946. The first-order chi connectivity index (χ1) is 7.88. The monoisotopic (exact) mass is 220 g/mol. The molecule has 0 bridgehead atoms. The van der Waals surface area contributed by atoms with Crippen LogP contribution in [0.15, 0.2) is 35.3 Å². The Kier molecular flexibility index (Phi) is 3.74. The number of ether oxygens (including phenoxy) is 1. The highest BCUT2D eigenvalue weighted by molar-refractivity contribution is 5.93. The normalized spacial score (nSPS) is 20.8. The van der Waals surface area contributed by atoms with Gasteiger partial charge in [-0.15, -0.1) is 0 Å². The third-order valence-corrected chi connectivity index (χ3v) is 2.39. The van der Waals surface area contributed by atoms with Crippen LogP contribution < -0.4 is 16.6 Å². The maximum atomic E-state index is 5.41. The second-order valence-electron chi connectivity index (χ2n) is 3.63. The van der Waals surface area contributed by atoms with Gasteiger partial charge in [-0.25, -0.2) is 10.8 Å². The van der Waals surface area contributed by atoms with Crippen LogP contribution in [0.1, 0.15) is 6.42 Å². The molecule has 1 aromatic carbocycles. The van der Waals surface area contributed by atoms with Gasteiger partial charge in [0.05, 0.1) is 12.6 Å². The third-order valence-electron chi connectivity index (χ3n) is 2.39. The Morgan fingerprint density at radius 3 is 2.81 bits per heavy atom. The van der Waals surface area contributed by atoms with E-state index in [9.17, 15) is 0 Å². The number of nitrogens with zero attached hydrogens (tertiary/aromatic N) is 1. The highest BCUT2D eigenvalue weighted by Crippen LogP contribution is 2.09. The number of hydrazine groups is 1. The van der Waals surface area contributed by atoms with Crippen LogP contribution >= 0.6 is 0 Å². The molecule has 0 saturated carbocycles. The SMILES string of the molecule is NNC(=NC1CCOC1)Nc1ccccc1. The van der Waals surface area contributed by atoms with E-state index in [-0.39, 0.29) is 6.04 Å². The van der Waals surface area contributed by atoms with E-state index in [2.05, 4.69) is 15.7 Å². The van der Waals surface area contributed by atoms with E-state index < -0.39 is 0 Å². The standard InChI is InChI=1S/C11H16N4O/c12-15-11(14-10-6-7-16-8-10)13-9-4-2-1-3-5-9/h1-5,10H,6-8,12H2,(H2,13,14,15). The Morgan fingerprint density at radius 1 is 1.38 bits per heavy atom. The quantitative estimate of drug-likeness (QED) is 0.297. The van der Waals surface area contributed by atoms with Gasteiger partial charge in [-0.3, -0.25) is 5.43 Å². The lowest BCUT2D eigenvalue weighted by Gasteiger charge is -2.10. The molecule has 1 fully saturated rings. The van der Waals surface area contributed by atoms with Crippen molar-refractivity contribution >= 4 is 11.6 Å². The van der Waals surface area contributed by atoms with Crippen molar-refractivity contribution in [3.8, 4) is 0 Å². The van der Waals surface area contributed by atoms with Crippen LogP contribution in [-0.2, 0) is 4.74 Å². The number of hydrogen-bond acceptors (Lipinski definition) is 3. The number of aliphatic imine (C=N–C) groups is 1. The summed E-state index contributed by atoms with van der Waals surface area (Å²) in [6, 6.07) is 9.98. The molecule has 1 aliphatic heterocycles. The fourth-order valence-corrected chi connectivity index (χ4v) is 1.57. The van der Waals surface area contributed by atoms with Gasteiger partial charge >= 0.3 is 0 Å². The zero-order valence-electron chi connectivity index (χ0n) is 9.02. The summed E-state index contributed by atoms with van der Waals surface area (Å²) in [5.41, 5.74) is 3.52. The minimum atomic E-state index is 0.197. The van der Waals surface area contributed by atoms with Gasteiger partial charge in [-0.1, -0.05) is 18.2 Å². The molecule has 0 spiro atoms. The van der Waals surface area contributed by atoms with Crippen molar-refractivity contribution in [1.82, 2.24) is 5.43 Å². The van der Waals surface area contributed by atoms with Gasteiger partial charge in [0.15, 0.2) is 0 Å². The Labute approximate surface area is 94.7 Å². The van der Waals surface area contributed by atoms with Crippen molar-refractivity contribution in [3.63, 3.8) is 0 Å². The molecule has 0 aliphatic carbocycles. The maximum Gasteiger partial charge on any atom is 0.210 e. The maximum absolute atomic E-state index is 5.41. The number of anilines is 1. The zero-order valence-corrected chi connectivity index (χ0v) is 9.02. The molecule has 1 heterocycles. The number of rotatable bonds is 2. The molecule has 1 aromatic rings. The Balaban J connectivity index is 1.99. The molecule has 4 N–H and O–H groups in total. The average Bonchev–Trinajstić information content (AvgIpc) is 2.82. The molecule has 0 aromatic heterocycles. The highest BCUT2D eigenvalue weighted by atomic mass is 16.5. The predicted molar refractivity (Wildman–Crippen MR) is 64.0 cm³/mol. The van der Waals surface area contributed by atoms with Gasteiger partial charge in [0.25, 0.3) is 0 Å². The van der Waals surface area contributed by atoms with Gasteiger partial charge < -0.3 is 10.1 Å². The second kappa shape index (κ2) is 5.48. The van der Waals surface area contributed by atoms with Crippen LogP contribution in [0.3, 0.4) is 0 Å². The molecule has 5 heteroatoms. The Hall–Kier alpha value is -1.59. The first kappa shape index (κ1) is 10.9. The van der Waals surface area contributed by atoms with Gasteiger partial charge in [0.1, 0.15) is 0 Å². The van der Waals surface area contributed by atoms with E-state index in [1.165, 1.54) is 0 Å². The van der Waals surface area contributed by atoms with Crippen molar-refractivity contribution < 1.29 is 4.74 Å². The predicted octanol–water partition coefficient (Wildman–Crippen LogP) is 0.707. The molecule has 2 rings (SSSR count). The molecule has 1 saturated heterocycles. The van der Waals surface area contributed by atoms with Crippen LogP contribution in [-0.4, -0.2) is 25.2 Å². The van der Waals surface area contributed by atoms with Crippen LogP contribution in [0.2, 0.25) is 0 Å². The summed E-state index contributed by atoms with van der Waals surface area (Å²) in [6.45, 7) is 1.44. The number of nitrogens with two attached hydrogens (primary N) is 1. The zero-order chi connectivity index (χ0) is 11.2. The fourth-order valence-electron chi connectivity index (χ4n) is 1.57. The fraction of sp³-hybridized carbons (Fsp3) is 0.364. The summed E-state index contributed by atoms with van der Waals surface area (Å²) in [5, 5.41) is 3.11. The third kappa shape index (κ3) is 2.95. The minimum Gasteiger partial charge on any atom is -0.379 e. The molecule has 1 aliphatic rings. The number of hydrogen-bond donors (Lipinski definition) is 3. The van der Waals surface area contributed by atoms with E-state index in [1.54, 1.807) is 0 Å². The van der Waals surface area contributed by atoms with Gasteiger partial charge in [0, 0.05) is 12.3 Å². The van der Waals surface area contributed by atoms with E-state index in [1.807, 2.05) is 30.3 Å². The average molecular weight is 220 g/mol. The number of benzene rings is 1. The van der Waals surface area contributed by atoms with Crippen LogP contribution in [0, 0.1) is 0 Å². The minimum absolute atomic E-state index is 0.197. The first-order valence-corrected chi connectivity index (χ1v) is 5.33. The van der Waals surface area contributed by atoms with E-state index in [4.69, 9.17) is 10.6 Å². The lowest BCUT2D eigenvalue weighted by Crippen LogP contribution is -2.37. The van der Waals surface area contributed by atoms with E-state index in [0.717, 1.165) is 18.7 Å². The lowest BCUT2D eigenvalue weighted by atomic mass is 10.3. The van der Waals surface area contributed by atoms with Crippen molar-refractivity contribution in [2.24, 2.45) is 10.8 Å². The number of nitrogens with one attached hydrogen (secondary N) is 2. The number of guanidine groups is 1. The highest BCUT2D eigenvalue weighted by Gasteiger charge is 2.15. The van der Waals surface area contributed by atoms with E-state index >= 15 is 0 Å². The molecule has 0 amide bonds. The second-order valence-corrected chi connectivity index (χ2v) is 3.63. The van der Waals surface area contributed by atoms with Gasteiger partial charge in [-0.2, -0.15) is 0 Å². The summed E-state index contributed by atoms with van der Waals surface area (Å²) in [5.74, 6) is 5.99. The van der Waals surface area contributed by atoms with Crippen molar-refractivity contribution in [1.29, 1.82) is 0 Å². The van der Waals surface area contributed by atoms with Crippen LogP contribution in [0.4, 0.5) is 5.69 Å². The smallest absolute Gasteiger partial charge is 0.210 e. The molecule has 1 unspecified atom stereocenters. The number of para-hydroxylation sites is 1. The molecule has 86 valence electrons. The van der Waals surface area contributed by atoms with E-state index in [0.29, 0.717) is 12.6 Å². The van der Waals surface area contributed by atoms with Crippen molar-refractivity contribution in [3.05, 3.63) is 30.3 Å². The summed E-state index contributed by atoms with van der Waals surface area (Å²) >= 11 is 0. The Morgan fingerprint density at radius 2 is 2.19 bits per heavy atom. The Bertz CT molecular complexity index is 346. The van der Waals surface area contributed by atoms with Gasteiger partial charge in [-0.05, 0) is 18.6 Å². The van der Waals surface area contributed by atoms with Crippen molar-refractivity contribution in [2.75, 3.05) is 18.5 Å². The summed E-state index contributed by atoms with van der Waals surface area (Å²) in [4.78, 5) is 4.43.